The number of hydrogen-bond acceptors (Lipinski definition) is 2. The van der Waals surface area contributed by atoms with Crippen molar-refractivity contribution in [3.8, 4) is 0 Å². The summed E-state index contributed by atoms with van der Waals surface area (Å²) in [4.78, 5) is 14.0. The zero-order chi connectivity index (χ0) is 14.0. The van der Waals surface area contributed by atoms with Crippen LogP contribution in [0.3, 0.4) is 0 Å². The van der Waals surface area contributed by atoms with Crippen LogP contribution in [0.5, 0.6) is 0 Å². The second-order valence-corrected chi connectivity index (χ2v) is 4.89. The molecule has 5 heteroatoms. The molecule has 1 amide bonds. The van der Waals surface area contributed by atoms with Gasteiger partial charge in [0.05, 0.1) is 11.3 Å². The van der Waals surface area contributed by atoms with Crippen LogP contribution in [-0.4, -0.2) is 23.4 Å². The summed E-state index contributed by atoms with van der Waals surface area (Å²) in [5.74, 6) is -1.99. The number of benzene rings is 1. The number of nitrogens with zero attached hydrogens (tertiary/aromatic N) is 1. The predicted molar refractivity (Wildman–Crippen MR) is 69.7 cm³/mol. The molecule has 0 aliphatic heterocycles. The van der Waals surface area contributed by atoms with Crippen LogP contribution in [0.15, 0.2) is 12.1 Å². The van der Waals surface area contributed by atoms with Gasteiger partial charge >= 0.3 is 0 Å². The van der Waals surface area contributed by atoms with E-state index < -0.39 is 17.5 Å². The molecule has 1 saturated carbocycles. The molecule has 0 atom stereocenters. The van der Waals surface area contributed by atoms with E-state index in [2.05, 4.69) is 0 Å². The summed E-state index contributed by atoms with van der Waals surface area (Å²) in [6, 6.07) is 1.94. The molecule has 0 saturated heterocycles. The fourth-order valence-electron chi connectivity index (χ4n) is 2.70. The first-order chi connectivity index (χ1) is 9.04. The quantitative estimate of drug-likeness (QED) is 0.857. The fourth-order valence-corrected chi connectivity index (χ4v) is 2.70. The maximum absolute atomic E-state index is 13.9. The molecular formula is C14H18F2N2O. The summed E-state index contributed by atoms with van der Waals surface area (Å²) in [7, 11) is 0. The first-order valence-corrected chi connectivity index (χ1v) is 6.60. The average molecular weight is 268 g/mol. The molecule has 1 aromatic carbocycles. The molecule has 19 heavy (non-hydrogen) atoms. The van der Waals surface area contributed by atoms with E-state index in [0.29, 0.717) is 6.54 Å². The molecule has 0 spiro atoms. The first kappa shape index (κ1) is 13.8. The number of anilines is 1. The Morgan fingerprint density at radius 2 is 2.00 bits per heavy atom. The van der Waals surface area contributed by atoms with Crippen molar-refractivity contribution < 1.29 is 13.6 Å². The highest BCUT2D eigenvalue weighted by Crippen LogP contribution is 2.26. The Labute approximate surface area is 111 Å². The highest BCUT2D eigenvalue weighted by molar-refractivity contribution is 5.95. The topological polar surface area (TPSA) is 46.3 Å². The normalized spacial score (nSPS) is 15.7. The van der Waals surface area contributed by atoms with Gasteiger partial charge in [-0.3, -0.25) is 4.79 Å². The molecule has 0 unspecified atom stereocenters. The molecule has 0 aromatic heterocycles. The van der Waals surface area contributed by atoms with Crippen molar-refractivity contribution >= 4 is 11.6 Å². The molecule has 2 rings (SSSR count). The Morgan fingerprint density at radius 1 is 1.37 bits per heavy atom. The van der Waals surface area contributed by atoms with E-state index in [-0.39, 0.29) is 17.3 Å². The molecule has 2 N–H and O–H groups in total. The Morgan fingerprint density at radius 3 is 2.58 bits per heavy atom. The van der Waals surface area contributed by atoms with Gasteiger partial charge in [-0.1, -0.05) is 12.8 Å². The number of rotatable bonds is 3. The third-order valence-electron chi connectivity index (χ3n) is 3.66. The number of amides is 1. The smallest absolute Gasteiger partial charge is 0.257 e. The lowest BCUT2D eigenvalue weighted by molar-refractivity contribution is 0.0688. The van der Waals surface area contributed by atoms with Gasteiger partial charge in [0.25, 0.3) is 5.91 Å². The molecule has 0 radical (unpaired) electrons. The van der Waals surface area contributed by atoms with Crippen LogP contribution >= 0.6 is 0 Å². The van der Waals surface area contributed by atoms with Crippen LogP contribution in [0.2, 0.25) is 0 Å². The van der Waals surface area contributed by atoms with Gasteiger partial charge < -0.3 is 10.6 Å². The van der Waals surface area contributed by atoms with Crippen molar-refractivity contribution in [3.05, 3.63) is 29.3 Å². The van der Waals surface area contributed by atoms with Crippen LogP contribution in [0.1, 0.15) is 43.0 Å². The number of hydrogen-bond donors (Lipinski definition) is 1. The van der Waals surface area contributed by atoms with Crippen molar-refractivity contribution in [2.45, 2.75) is 38.6 Å². The van der Waals surface area contributed by atoms with E-state index in [1.165, 1.54) is 0 Å². The monoisotopic (exact) mass is 268 g/mol. The highest BCUT2D eigenvalue weighted by atomic mass is 19.1. The lowest BCUT2D eigenvalue weighted by Gasteiger charge is -2.28. The Kier molecular flexibility index (Phi) is 4.02. The zero-order valence-electron chi connectivity index (χ0n) is 11.0. The zero-order valence-corrected chi connectivity index (χ0v) is 11.0. The molecule has 0 heterocycles. The maximum atomic E-state index is 13.9. The van der Waals surface area contributed by atoms with Gasteiger partial charge in [0.1, 0.15) is 5.82 Å². The molecule has 0 bridgehead atoms. The van der Waals surface area contributed by atoms with Crippen molar-refractivity contribution in [1.82, 2.24) is 4.90 Å². The van der Waals surface area contributed by atoms with Crippen LogP contribution in [0.4, 0.5) is 14.5 Å². The van der Waals surface area contributed by atoms with E-state index in [4.69, 9.17) is 5.73 Å². The molecule has 1 aliphatic carbocycles. The van der Waals surface area contributed by atoms with Gasteiger partial charge in [-0.05, 0) is 31.9 Å². The first-order valence-electron chi connectivity index (χ1n) is 6.60. The summed E-state index contributed by atoms with van der Waals surface area (Å²) in [5.41, 5.74) is 4.77. The predicted octanol–water partition coefficient (Wildman–Crippen LogP) is 2.95. The number of carbonyl (C=O) groups excluding carboxylic acids is 1. The molecule has 104 valence electrons. The molecule has 1 aromatic rings. The highest BCUT2D eigenvalue weighted by Gasteiger charge is 2.28. The van der Waals surface area contributed by atoms with Gasteiger partial charge in [0.2, 0.25) is 0 Å². The van der Waals surface area contributed by atoms with E-state index >= 15 is 0 Å². The molecule has 1 aliphatic rings. The van der Waals surface area contributed by atoms with E-state index in [1.807, 2.05) is 6.92 Å². The van der Waals surface area contributed by atoms with Crippen molar-refractivity contribution in [2.75, 3.05) is 12.3 Å². The Hall–Kier alpha value is -1.65. The molecular weight excluding hydrogens is 250 g/mol. The van der Waals surface area contributed by atoms with Gasteiger partial charge in [0.15, 0.2) is 5.82 Å². The lowest BCUT2D eigenvalue weighted by Crippen LogP contribution is -2.39. The van der Waals surface area contributed by atoms with Crippen molar-refractivity contribution in [3.63, 3.8) is 0 Å². The third-order valence-corrected chi connectivity index (χ3v) is 3.66. The van der Waals surface area contributed by atoms with E-state index in [9.17, 15) is 13.6 Å². The summed E-state index contributed by atoms with van der Waals surface area (Å²) in [5, 5.41) is 0. The minimum Gasteiger partial charge on any atom is -0.396 e. The van der Waals surface area contributed by atoms with Crippen LogP contribution in [0.25, 0.3) is 0 Å². The summed E-state index contributed by atoms with van der Waals surface area (Å²) in [6.45, 7) is 2.33. The van der Waals surface area contributed by atoms with Gasteiger partial charge in [-0.2, -0.15) is 0 Å². The minimum absolute atomic E-state index is 0.126. The Bertz CT molecular complexity index is 485. The minimum atomic E-state index is -0.831. The fraction of sp³-hybridized carbons (Fsp3) is 0.500. The number of nitrogen functional groups attached to an aromatic ring is 1. The van der Waals surface area contributed by atoms with E-state index in [0.717, 1.165) is 37.8 Å². The van der Waals surface area contributed by atoms with Crippen molar-refractivity contribution in [1.29, 1.82) is 0 Å². The van der Waals surface area contributed by atoms with Gasteiger partial charge in [-0.15, -0.1) is 0 Å². The van der Waals surface area contributed by atoms with Crippen LogP contribution in [0, 0.1) is 11.6 Å². The van der Waals surface area contributed by atoms with Gasteiger partial charge in [0, 0.05) is 12.6 Å². The summed E-state index contributed by atoms with van der Waals surface area (Å²) < 4.78 is 27.2. The Balaban J connectivity index is 2.31. The second kappa shape index (κ2) is 5.55. The largest absolute Gasteiger partial charge is 0.396 e. The third kappa shape index (κ3) is 2.69. The molecule has 1 fully saturated rings. The van der Waals surface area contributed by atoms with E-state index in [1.54, 1.807) is 4.90 Å². The summed E-state index contributed by atoms with van der Waals surface area (Å²) in [6.07, 6.45) is 3.99. The molecule has 3 nitrogen and oxygen atoms in total. The lowest BCUT2D eigenvalue weighted by atomic mass is 10.1. The maximum Gasteiger partial charge on any atom is 0.257 e. The van der Waals surface area contributed by atoms with Crippen LogP contribution < -0.4 is 5.73 Å². The number of nitrogens with two attached hydrogens (primary N) is 1. The van der Waals surface area contributed by atoms with Crippen molar-refractivity contribution in [2.24, 2.45) is 0 Å². The second-order valence-electron chi connectivity index (χ2n) is 4.89. The number of carbonyl (C=O) groups is 1. The standard InChI is InChI=1S/C14H18F2N2O/c1-2-18(10-5-3-4-6-10)14(19)11-7-9(15)8-12(17)13(11)16/h7-8,10H,2-6,17H2,1H3. The SMILES string of the molecule is CCN(C(=O)c1cc(F)cc(N)c1F)C1CCCC1. The van der Waals surface area contributed by atoms with Crippen LogP contribution in [-0.2, 0) is 0 Å². The summed E-state index contributed by atoms with van der Waals surface area (Å²) >= 11 is 0. The average Bonchev–Trinajstić information content (AvgIpc) is 2.88. The van der Waals surface area contributed by atoms with Gasteiger partial charge in [-0.25, -0.2) is 8.78 Å². The number of halogens is 2.